The molecule has 146 valence electrons. The molecular formula is C21H40N2O2. The van der Waals surface area contributed by atoms with Gasteiger partial charge in [-0.1, -0.05) is 65.2 Å². The smallest absolute Gasteiger partial charge is 0.220 e. The third-order valence-corrected chi connectivity index (χ3v) is 5.22. The summed E-state index contributed by atoms with van der Waals surface area (Å²) in [5, 5.41) is 6.31. The predicted molar refractivity (Wildman–Crippen MR) is 104 cm³/mol. The molecule has 0 aromatic heterocycles. The minimum absolute atomic E-state index is 0.132. The average Bonchev–Trinajstić information content (AvgIpc) is 3.01. The number of unbranched alkanes of at least 4 members (excludes halogenated alkanes) is 8. The molecule has 0 spiro atoms. The zero-order valence-electron chi connectivity index (χ0n) is 16.6. The number of nitrogens with one attached hydrogen (secondary N) is 2. The Kier molecular flexibility index (Phi) is 12.4. The first kappa shape index (κ1) is 22.0. The van der Waals surface area contributed by atoms with E-state index in [4.69, 9.17) is 0 Å². The van der Waals surface area contributed by atoms with Crippen LogP contribution in [0.1, 0.15) is 110 Å². The molecule has 25 heavy (non-hydrogen) atoms. The van der Waals surface area contributed by atoms with Crippen LogP contribution in [0.4, 0.5) is 0 Å². The standard InChI is InChI=1S/C21H40N2O2/c1-3-5-7-9-11-16-20(24)22-18-14-13-15-19(18)23-21(25)17-12-10-8-6-4-2/h18-19H,3-17H2,1-2H3,(H,22,24)(H,23,25)/t18-,19-/m1/s1. The molecule has 0 heterocycles. The summed E-state index contributed by atoms with van der Waals surface area (Å²) in [6.45, 7) is 4.40. The topological polar surface area (TPSA) is 58.2 Å². The summed E-state index contributed by atoms with van der Waals surface area (Å²) >= 11 is 0. The molecule has 0 aliphatic heterocycles. The molecule has 2 amide bonds. The van der Waals surface area contributed by atoms with Crippen molar-refractivity contribution in [3.8, 4) is 0 Å². The molecule has 0 bridgehead atoms. The van der Waals surface area contributed by atoms with E-state index in [1.807, 2.05) is 0 Å². The van der Waals surface area contributed by atoms with Gasteiger partial charge in [0.1, 0.15) is 0 Å². The highest BCUT2D eigenvalue weighted by Gasteiger charge is 2.29. The fourth-order valence-corrected chi connectivity index (χ4v) is 3.64. The van der Waals surface area contributed by atoms with Gasteiger partial charge in [-0.2, -0.15) is 0 Å². The molecule has 4 nitrogen and oxygen atoms in total. The first-order chi connectivity index (χ1) is 12.2. The van der Waals surface area contributed by atoms with Crippen molar-refractivity contribution < 1.29 is 9.59 Å². The van der Waals surface area contributed by atoms with Crippen LogP contribution >= 0.6 is 0 Å². The number of hydrogen-bond donors (Lipinski definition) is 2. The van der Waals surface area contributed by atoms with Gasteiger partial charge in [0.25, 0.3) is 0 Å². The van der Waals surface area contributed by atoms with Crippen molar-refractivity contribution in [1.29, 1.82) is 0 Å². The van der Waals surface area contributed by atoms with Crippen LogP contribution in [0.2, 0.25) is 0 Å². The van der Waals surface area contributed by atoms with E-state index < -0.39 is 0 Å². The fraction of sp³-hybridized carbons (Fsp3) is 0.905. The van der Waals surface area contributed by atoms with Crippen LogP contribution in [0.3, 0.4) is 0 Å². The normalized spacial score (nSPS) is 19.8. The van der Waals surface area contributed by atoms with Crippen LogP contribution < -0.4 is 10.6 Å². The summed E-state index contributed by atoms with van der Waals surface area (Å²) in [7, 11) is 0. The lowest BCUT2D eigenvalue weighted by Crippen LogP contribution is -2.48. The Morgan fingerprint density at radius 3 is 1.48 bits per heavy atom. The lowest BCUT2D eigenvalue weighted by Gasteiger charge is -2.22. The summed E-state index contributed by atoms with van der Waals surface area (Å²) < 4.78 is 0. The van der Waals surface area contributed by atoms with Crippen LogP contribution in [0.15, 0.2) is 0 Å². The minimum atomic E-state index is 0.132. The van der Waals surface area contributed by atoms with Crippen molar-refractivity contribution in [2.24, 2.45) is 0 Å². The number of carbonyl (C=O) groups is 2. The van der Waals surface area contributed by atoms with Gasteiger partial charge in [0, 0.05) is 24.9 Å². The van der Waals surface area contributed by atoms with Gasteiger partial charge in [0.05, 0.1) is 0 Å². The quantitative estimate of drug-likeness (QED) is 0.439. The molecule has 0 saturated heterocycles. The van der Waals surface area contributed by atoms with E-state index in [1.165, 1.54) is 38.5 Å². The highest BCUT2D eigenvalue weighted by Crippen LogP contribution is 2.20. The first-order valence-electron chi connectivity index (χ1n) is 10.8. The second kappa shape index (κ2) is 14.1. The minimum Gasteiger partial charge on any atom is -0.351 e. The Labute approximate surface area is 154 Å². The third kappa shape index (κ3) is 10.5. The van der Waals surface area contributed by atoms with Crippen LogP contribution in [0, 0.1) is 0 Å². The maximum atomic E-state index is 12.1. The van der Waals surface area contributed by atoms with Gasteiger partial charge >= 0.3 is 0 Å². The summed E-state index contributed by atoms with van der Waals surface area (Å²) in [6, 6.07) is 0.263. The SMILES string of the molecule is CCCCCCCC(=O)N[C@@H]1CCC[C@H]1NC(=O)CCCCCCC. The van der Waals surface area contributed by atoms with E-state index in [2.05, 4.69) is 24.5 Å². The highest BCUT2D eigenvalue weighted by atomic mass is 16.2. The predicted octanol–water partition coefficient (Wildman–Crippen LogP) is 4.86. The maximum absolute atomic E-state index is 12.1. The summed E-state index contributed by atoms with van der Waals surface area (Å²) in [4.78, 5) is 24.2. The van der Waals surface area contributed by atoms with Crippen molar-refractivity contribution in [1.82, 2.24) is 10.6 Å². The second-order valence-corrected chi connectivity index (χ2v) is 7.61. The molecule has 2 N–H and O–H groups in total. The van der Waals surface area contributed by atoms with Crippen LogP contribution in [-0.2, 0) is 9.59 Å². The largest absolute Gasteiger partial charge is 0.351 e. The number of rotatable bonds is 14. The van der Waals surface area contributed by atoms with Crippen molar-refractivity contribution in [3.63, 3.8) is 0 Å². The average molecular weight is 353 g/mol. The summed E-state index contributed by atoms with van der Waals surface area (Å²) in [6.07, 6.45) is 16.0. The third-order valence-electron chi connectivity index (χ3n) is 5.22. The molecular weight excluding hydrogens is 312 g/mol. The van der Waals surface area contributed by atoms with E-state index in [0.29, 0.717) is 12.8 Å². The van der Waals surface area contributed by atoms with Gasteiger partial charge in [0.2, 0.25) is 11.8 Å². The Hall–Kier alpha value is -1.06. The monoisotopic (exact) mass is 352 g/mol. The molecule has 0 aromatic carbocycles. The summed E-state index contributed by atoms with van der Waals surface area (Å²) in [5.41, 5.74) is 0. The van der Waals surface area contributed by atoms with Crippen molar-refractivity contribution in [3.05, 3.63) is 0 Å². The fourth-order valence-electron chi connectivity index (χ4n) is 3.64. The van der Waals surface area contributed by atoms with E-state index in [9.17, 15) is 9.59 Å². The zero-order chi connectivity index (χ0) is 18.3. The number of amides is 2. The Morgan fingerprint density at radius 2 is 1.08 bits per heavy atom. The molecule has 2 atom stereocenters. The van der Waals surface area contributed by atoms with Gasteiger partial charge in [-0.25, -0.2) is 0 Å². The van der Waals surface area contributed by atoms with Gasteiger partial charge < -0.3 is 10.6 Å². The molecule has 0 unspecified atom stereocenters. The Morgan fingerprint density at radius 1 is 0.680 bits per heavy atom. The molecule has 4 heteroatoms. The Bertz CT molecular complexity index is 337. The van der Waals surface area contributed by atoms with Crippen molar-refractivity contribution >= 4 is 11.8 Å². The molecule has 1 fully saturated rings. The summed E-state index contributed by atoms with van der Waals surface area (Å²) in [5.74, 6) is 0.310. The van der Waals surface area contributed by atoms with Crippen LogP contribution in [-0.4, -0.2) is 23.9 Å². The van der Waals surface area contributed by atoms with Gasteiger partial charge in [-0.3, -0.25) is 9.59 Å². The lowest BCUT2D eigenvalue weighted by atomic mass is 10.1. The molecule has 1 rings (SSSR count). The van der Waals surface area contributed by atoms with Crippen molar-refractivity contribution in [2.45, 2.75) is 122 Å². The highest BCUT2D eigenvalue weighted by molar-refractivity contribution is 5.78. The van der Waals surface area contributed by atoms with Crippen molar-refractivity contribution in [2.75, 3.05) is 0 Å². The first-order valence-corrected chi connectivity index (χ1v) is 10.8. The number of carbonyl (C=O) groups excluding carboxylic acids is 2. The van der Waals surface area contributed by atoms with Gasteiger partial charge in [-0.05, 0) is 32.1 Å². The van der Waals surface area contributed by atoms with E-state index in [-0.39, 0.29) is 23.9 Å². The molecule has 1 aliphatic carbocycles. The second-order valence-electron chi connectivity index (χ2n) is 7.61. The molecule has 0 aromatic rings. The van der Waals surface area contributed by atoms with Crippen LogP contribution in [0.5, 0.6) is 0 Å². The zero-order valence-corrected chi connectivity index (χ0v) is 16.6. The van der Waals surface area contributed by atoms with E-state index in [1.54, 1.807) is 0 Å². The van der Waals surface area contributed by atoms with E-state index >= 15 is 0 Å². The lowest BCUT2D eigenvalue weighted by molar-refractivity contribution is -0.124. The molecule has 1 saturated carbocycles. The van der Waals surface area contributed by atoms with Crippen LogP contribution in [0.25, 0.3) is 0 Å². The van der Waals surface area contributed by atoms with E-state index in [0.717, 1.165) is 44.9 Å². The Balaban J connectivity index is 2.17. The molecule has 1 aliphatic rings. The number of hydrogen-bond acceptors (Lipinski definition) is 2. The van der Waals surface area contributed by atoms with Gasteiger partial charge in [-0.15, -0.1) is 0 Å². The maximum Gasteiger partial charge on any atom is 0.220 e. The van der Waals surface area contributed by atoms with Gasteiger partial charge in [0.15, 0.2) is 0 Å². The molecule has 0 radical (unpaired) electrons.